The highest BCUT2D eigenvalue weighted by Gasteiger charge is 2.71. The normalized spacial score (nSPS) is 26.8. The van der Waals surface area contributed by atoms with Gasteiger partial charge in [-0.05, 0) is 30.5 Å². The topological polar surface area (TPSA) is 46.2 Å². The third-order valence-corrected chi connectivity index (χ3v) is 3.49. The molecule has 0 aromatic heterocycles. The third kappa shape index (κ3) is 1.33. The van der Waals surface area contributed by atoms with E-state index in [1.807, 2.05) is 0 Å². The minimum atomic E-state index is -2.71. The van der Waals surface area contributed by atoms with Crippen molar-refractivity contribution < 1.29 is 13.9 Å². The molecule has 0 heterocycles. The van der Waals surface area contributed by atoms with E-state index < -0.39 is 11.3 Å². The Morgan fingerprint density at radius 2 is 1.75 bits per heavy atom. The first kappa shape index (κ1) is 11.3. The van der Waals surface area contributed by atoms with Crippen LogP contribution < -0.4 is 5.73 Å². The Bertz CT molecular complexity index is 422. The molecule has 1 fully saturated rings. The van der Waals surface area contributed by atoms with Crippen LogP contribution in [0.3, 0.4) is 0 Å². The predicted molar refractivity (Wildman–Crippen MR) is 57.9 cm³/mol. The van der Waals surface area contributed by atoms with Gasteiger partial charge in [0, 0.05) is 13.0 Å². The predicted octanol–water partition coefficient (Wildman–Crippen LogP) is 2.24. The number of hydrogen-bond acceptors (Lipinski definition) is 2. The highest BCUT2D eigenvalue weighted by atomic mass is 19.3. The minimum absolute atomic E-state index is 0.0658. The Morgan fingerprint density at radius 1 is 1.31 bits per heavy atom. The number of rotatable bonds is 2. The van der Waals surface area contributed by atoms with E-state index in [1.165, 1.54) is 0 Å². The lowest BCUT2D eigenvalue weighted by atomic mass is 9.92. The fourth-order valence-corrected chi connectivity index (χ4v) is 2.22. The molecule has 2 nitrogen and oxygen atoms in total. The maximum atomic E-state index is 13.4. The van der Waals surface area contributed by atoms with Crippen LogP contribution in [0.5, 0.6) is 5.75 Å². The van der Waals surface area contributed by atoms with E-state index in [-0.39, 0.29) is 18.7 Å². The fourth-order valence-electron chi connectivity index (χ4n) is 2.22. The van der Waals surface area contributed by atoms with Gasteiger partial charge in [-0.1, -0.05) is 12.1 Å². The molecular weight excluding hydrogens is 212 g/mol. The molecule has 1 aliphatic carbocycles. The van der Waals surface area contributed by atoms with Gasteiger partial charge in [-0.25, -0.2) is 8.78 Å². The van der Waals surface area contributed by atoms with Gasteiger partial charge in [0.1, 0.15) is 5.75 Å². The smallest absolute Gasteiger partial charge is 0.260 e. The molecule has 1 atom stereocenters. The van der Waals surface area contributed by atoms with E-state index in [0.717, 1.165) is 0 Å². The molecule has 1 aromatic rings. The Balaban J connectivity index is 2.50. The van der Waals surface area contributed by atoms with Crippen molar-refractivity contribution in [2.24, 2.45) is 5.73 Å². The summed E-state index contributed by atoms with van der Waals surface area (Å²) in [5, 5.41) is 9.60. The summed E-state index contributed by atoms with van der Waals surface area (Å²) >= 11 is 0. The second-order valence-electron chi connectivity index (χ2n) is 4.63. The molecule has 4 heteroatoms. The molecule has 0 bridgehead atoms. The van der Waals surface area contributed by atoms with Crippen LogP contribution in [-0.2, 0) is 5.41 Å². The third-order valence-electron chi connectivity index (χ3n) is 3.49. The average Bonchev–Trinajstić information content (AvgIpc) is 2.78. The molecule has 0 amide bonds. The Kier molecular flexibility index (Phi) is 2.24. The van der Waals surface area contributed by atoms with Crippen molar-refractivity contribution in [3.63, 3.8) is 0 Å². The standard InChI is InChI=1S/C12H15F2NO/c1-7-3-9(4-8(2)10(7)16)11(6-15)5-12(11,13)14/h3-4,16H,5-6,15H2,1-2H3. The minimum Gasteiger partial charge on any atom is -0.507 e. The van der Waals surface area contributed by atoms with Crippen molar-refractivity contribution in [1.29, 1.82) is 0 Å². The number of benzene rings is 1. The monoisotopic (exact) mass is 227 g/mol. The van der Waals surface area contributed by atoms with E-state index in [1.54, 1.807) is 26.0 Å². The lowest BCUT2D eigenvalue weighted by Crippen LogP contribution is -2.27. The van der Waals surface area contributed by atoms with Crippen molar-refractivity contribution in [2.75, 3.05) is 6.54 Å². The Morgan fingerprint density at radius 3 is 2.06 bits per heavy atom. The SMILES string of the molecule is Cc1cc(C2(CN)CC2(F)F)cc(C)c1O. The van der Waals surface area contributed by atoms with E-state index in [0.29, 0.717) is 16.7 Å². The number of phenolic OH excluding ortho intramolecular Hbond substituents is 1. The fraction of sp³-hybridized carbons (Fsp3) is 0.500. The molecule has 1 aromatic carbocycles. The molecule has 1 aliphatic rings. The lowest BCUT2D eigenvalue weighted by Gasteiger charge is -2.16. The second-order valence-corrected chi connectivity index (χ2v) is 4.63. The summed E-state index contributed by atoms with van der Waals surface area (Å²) < 4.78 is 26.7. The van der Waals surface area contributed by atoms with Gasteiger partial charge in [-0.15, -0.1) is 0 Å². The summed E-state index contributed by atoms with van der Waals surface area (Å²) in [4.78, 5) is 0. The van der Waals surface area contributed by atoms with E-state index in [2.05, 4.69) is 0 Å². The van der Waals surface area contributed by atoms with Crippen LogP contribution in [0.25, 0.3) is 0 Å². The van der Waals surface area contributed by atoms with Crippen LogP contribution in [0.4, 0.5) is 8.78 Å². The molecule has 0 aliphatic heterocycles. The number of phenols is 1. The first-order chi connectivity index (χ1) is 7.34. The molecule has 3 N–H and O–H groups in total. The zero-order valence-electron chi connectivity index (χ0n) is 9.35. The summed E-state index contributed by atoms with van der Waals surface area (Å²) in [6, 6.07) is 3.21. The van der Waals surface area contributed by atoms with Crippen LogP contribution in [0.2, 0.25) is 0 Å². The van der Waals surface area contributed by atoms with Crippen molar-refractivity contribution in [3.05, 3.63) is 28.8 Å². The van der Waals surface area contributed by atoms with Gasteiger partial charge in [0.25, 0.3) is 5.92 Å². The molecule has 0 radical (unpaired) electrons. The van der Waals surface area contributed by atoms with Gasteiger partial charge in [0.05, 0.1) is 5.41 Å². The van der Waals surface area contributed by atoms with Gasteiger partial charge < -0.3 is 10.8 Å². The number of aryl methyl sites for hydroxylation is 2. The summed E-state index contributed by atoms with van der Waals surface area (Å²) in [5.41, 5.74) is 6.03. The zero-order chi connectivity index (χ0) is 12.1. The highest BCUT2D eigenvalue weighted by molar-refractivity contribution is 5.48. The molecule has 1 saturated carbocycles. The van der Waals surface area contributed by atoms with Crippen LogP contribution in [-0.4, -0.2) is 17.6 Å². The van der Waals surface area contributed by atoms with Gasteiger partial charge in [0.2, 0.25) is 0 Å². The van der Waals surface area contributed by atoms with Gasteiger partial charge in [-0.2, -0.15) is 0 Å². The maximum absolute atomic E-state index is 13.4. The van der Waals surface area contributed by atoms with Crippen LogP contribution in [0.1, 0.15) is 23.1 Å². The number of hydrogen-bond donors (Lipinski definition) is 2. The van der Waals surface area contributed by atoms with E-state index >= 15 is 0 Å². The maximum Gasteiger partial charge on any atom is 0.260 e. The summed E-state index contributed by atoms with van der Waals surface area (Å²) in [6.45, 7) is 3.34. The number of aromatic hydroxyl groups is 1. The van der Waals surface area contributed by atoms with Gasteiger partial charge in [0.15, 0.2) is 0 Å². The molecule has 88 valence electrons. The van der Waals surface area contributed by atoms with Crippen LogP contribution in [0.15, 0.2) is 12.1 Å². The Labute approximate surface area is 93.1 Å². The average molecular weight is 227 g/mol. The molecule has 0 spiro atoms. The number of halogens is 2. The second kappa shape index (κ2) is 3.17. The quantitative estimate of drug-likeness (QED) is 0.814. The van der Waals surface area contributed by atoms with Crippen LogP contribution in [0, 0.1) is 13.8 Å². The molecular formula is C12H15F2NO. The van der Waals surface area contributed by atoms with Crippen LogP contribution >= 0.6 is 0 Å². The van der Waals surface area contributed by atoms with Crippen molar-refractivity contribution in [1.82, 2.24) is 0 Å². The largest absolute Gasteiger partial charge is 0.507 e. The Hall–Kier alpha value is -1.16. The first-order valence-corrected chi connectivity index (χ1v) is 5.23. The van der Waals surface area contributed by atoms with Gasteiger partial charge >= 0.3 is 0 Å². The van der Waals surface area contributed by atoms with E-state index in [9.17, 15) is 13.9 Å². The summed E-state index contributed by atoms with van der Waals surface area (Å²) in [7, 11) is 0. The molecule has 16 heavy (non-hydrogen) atoms. The molecule has 1 unspecified atom stereocenters. The number of alkyl halides is 2. The van der Waals surface area contributed by atoms with Crippen molar-refractivity contribution in [3.8, 4) is 5.75 Å². The highest BCUT2D eigenvalue weighted by Crippen LogP contribution is 2.61. The summed E-state index contributed by atoms with van der Waals surface area (Å²) in [6.07, 6.45) is -0.194. The number of nitrogens with two attached hydrogens (primary N) is 1. The van der Waals surface area contributed by atoms with E-state index in [4.69, 9.17) is 5.73 Å². The molecule has 2 rings (SSSR count). The first-order valence-electron chi connectivity index (χ1n) is 5.23. The molecule has 0 saturated heterocycles. The zero-order valence-corrected chi connectivity index (χ0v) is 9.35. The summed E-state index contributed by atoms with van der Waals surface area (Å²) in [5.74, 6) is -2.54. The lowest BCUT2D eigenvalue weighted by molar-refractivity contribution is 0.0896. The van der Waals surface area contributed by atoms with Crippen molar-refractivity contribution >= 4 is 0 Å². The van der Waals surface area contributed by atoms with Crippen molar-refractivity contribution in [2.45, 2.75) is 31.6 Å². The van der Waals surface area contributed by atoms with Gasteiger partial charge in [-0.3, -0.25) is 0 Å².